The number of likely N-dealkylation sites (N-methyl/N-ethyl adjacent to an activating group) is 1. The van der Waals surface area contributed by atoms with Crippen LogP contribution in [0, 0.1) is 6.92 Å². The van der Waals surface area contributed by atoms with E-state index in [-0.39, 0.29) is 5.91 Å². The molecule has 160 valence electrons. The van der Waals surface area contributed by atoms with Gasteiger partial charge in [0, 0.05) is 30.8 Å². The van der Waals surface area contributed by atoms with Crippen molar-refractivity contribution in [1.82, 2.24) is 24.8 Å². The number of benzene rings is 2. The molecule has 0 saturated carbocycles. The summed E-state index contributed by atoms with van der Waals surface area (Å²) in [6.07, 6.45) is 1.90. The molecule has 0 atom stereocenters. The molecule has 2 heterocycles. The van der Waals surface area contributed by atoms with Gasteiger partial charge in [-0.25, -0.2) is 9.50 Å². The van der Waals surface area contributed by atoms with Crippen molar-refractivity contribution in [3.63, 3.8) is 0 Å². The molecular weight excluding hydrogens is 408 g/mol. The molecule has 2 aromatic carbocycles. The molecule has 4 rings (SSSR count). The topological polar surface area (TPSA) is 74.6 Å². The number of nitrogens with one attached hydrogen (secondary N) is 2. The number of carbonyl (C=O) groups excluding carboxylic acids is 1. The molecule has 0 unspecified atom stereocenters. The standard InChI is InChI=1S/C23H26N6OS/c1-16-7-4-5-8-19(16)14-25-22-27-29-15-20(26-23(29)31-22)17-9-6-10-18(13-17)21(30)24-11-12-28(2)3/h4-10,13,15H,11-12,14H2,1-3H3,(H,24,30)(H,25,27). The second-order valence-corrected chi connectivity index (χ2v) is 8.64. The minimum Gasteiger partial charge on any atom is -0.356 e. The van der Waals surface area contributed by atoms with E-state index in [1.54, 1.807) is 4.52 Å². The van der Waals surface area contributed by atoms with Crippen LogP contribution < -0.4 is 10.6 Å². The van der Waals surface area contributed by atoms with E-state index in [9.17, 15) is 4.79 Å². The van der Waals surface area contributed by atoms with Crippen LogP contribution in [0.3, 0.4) is 0 Å². The summed E-state index contributed by atoms with van der Waals surface area (Å²) in [5.41, 5.74) is 4.82. The van der Waals surface area contributed by atoms with Gasteiger partial charge in [0.2, 0.25) is 10.1 Å². The second-order valence-electron chi connectivity index (χ2n) is 7.68. The maximum absolute atomic E-state index is 12.4. The zero-order chi connectivity index (χ0) is 21.8. The molecule has 0 bridgehead atoms. The number of hydrogen-bond donors (Lipinski definition) is 2. The van der Waals surface area contributed by atoms with Crippen molar-refractivity contribution in [1.29, 1.82) is 0 Å². The predicted octanol–water partition coefficient (Wildman–Crippen LogP) is 3.67. The lowest BCUT2D eigenvalue weighted by molar-refractivity contribution is 0.0951. The first kappa shape index (κ1) is 21.0. The average molecular weight is 435 g/mol. The summed E-state index contributed by atoms with van der Waals surface area (Å²) in [4.78, 5) is 20.0. The van der Waals surface area contributed by atoms with Gasteiger partial charge in [-0.15, -0.1) is 5.10 Å². The van der Waals surface area contributed by atoms with Crippen LogP contribution >= 0.6 is 11.3 Å². The first-order valence-corrected chi connectivity index (χ1v) is 11.0. The number of aryl methyl sites for hydroxylation is 1. The van der Waals surface area contributed by atoms with Crippen LogP contribution in [0.2, 0.25) is 0 Å². The normalized spacial score (nSPS) is 11.2. The lowest BCUT2D eigenvalue weighted by atomic mass is 10.1. The fourth-order valence-corrected chi connectivity index (χ4v) is 3.98. The van der Waals surface area contributed by atoms with Crippen LogP contribution in [0.5, 0.6) is 0 Å². The van der Waals surface area contributed by atoms with Crippen molar-refractivity contribution in [2.75, 3.05) is 32.5 Å². The van der Waals surface area contributed by atoms with Crippen LogP contribution in [0.15, 0.2) is 54.7 Å². The van der Waals surface area contributed by atoms with Gasteiger partial charge in [0.25, 0.3) is 5.91 Å². The molecule has 0 aliphatic carbocycles. The van der Waals surface area contributed by atoms with Crippen molar-refractivity contribution in [3.8, 4) is 11.3 Å². The van der Waals surface area contributed by atoms with E-state index in [4.69, 9.17) is 4.98 Å². The van der Waals surface area contributed by atoms with Gasteiger partial charge in [0.1, 0.15) is 0 Å². The Morgan fingerprint density at radius 1 is 1.16 bits per heavy atom. The van der Waals surface area contributed by atoms with E-state index in [1.165, 1.54) is 22.5 Å². The van der Waals surface area contributed by atoms with Gasteiger partial charge < -0.3 is 15.5 Å². The van der Waals surface area contributed by atoms with Crippen molar-refractivity contribution in [2.45, 2.75) is 13.5 Å². The Labute approximate surface area is 185 Å². The zero-order valence-corrected chi connectivity index (χ0v) is 18.7. The van der Waals surface area contributed by atoms with Gasteiger partial charge in [-0.1, -0.05) is 47.7 Å². The second kappa shape index (κ2) is 9.28. The summed E-state index contributed by atoms with van der Waals surface area (Å²) in [7, 11) is 3.96. The molecule has 8 heteroatoms. The highest BCUT2D eigenvalue weighted by Gasteiger charge is 2.12. The minimum absolute atomic E-state index is 0.0782. The van der Waals surface area contributed by atoms with Crippen LogP contribution in [0.4, 0.5) is 5.13 Å². The number of anilines is 1. The van der Waals surface area contributed by atoms with Gasteiger partial charge in [0.15, 0.2) is 0 Å². The lowest BCUT2D eigenvalue weighted by Crippen LogP contribution is -2.31. The Bertz CT molecular complexity index is 1160. The molecule has 1 amide bonds. The number of amides is 1. The number of aromatic nitrogens is 3. The van der Waals surface area contributed by atoms with Crippen LogP contribution in [-0.2, 0) is 6.54 Å². The molecule has 7 nitrogen and oxygen atoms in total. The molecular formula is C23H26N6OS. The summed E-state index contributed by atoms with van der Waals surface area (Å²) in [5.74, 6) is -0.0782. The molecule has 0 saturated heterocycles. The third-order valence-electron chi connectivity index (χ3n) is 5.00. The van der Waals surface area contributed by atoms with Crippen molar-refractivity contribution < 1.29 is 4.79 Å². The summed E-state index contributed by atoms with van der Waals surface area (Å²) in [5, 5.41) is 11.7. The predicted molar refractivity (Wildman–Crippen MR) is 126 cm³/mol. The molecule has 0 aliphatic rings. The third kappa shape index (κ3) is 5.10. The summed E-state index contributed by atoms with van der Waals surface area (Å²) >= 11 is 1.51. The first-order chi connectivity index (χ1) is 15.0. The number of hydrogen-bond acceptors (Lipinski definition) is 6. The largest absolute Gasteiger partial charge is 0.356 e. The fourth-order valence-electron chi connectivity index (χ4n) is 3.20. The summed E-state index contributed by atoms with van der Waals surface area (Å²) in [6.45, 7) is 4.24. The number of nitrogens with zero attached hydrogens (tertiary/aromatic N) is 4. The minimum atomic E-state index is -0.0782. The molecule has 31 heavy (non-hydrogen) atoms. The molecule has 0 fully saturated rings. The smallest absolute Gasteiger partial charge is 0.251 e. The maximum Gasteiger partial charge on any atom is 0.251 e. The fraction of sp³-hybridized carbons (Fsp3) is 0.261. The van der Waals surface area contributed by atoms with E-state index in [0.29, 0.717) is 12.1 Å². The van der Waals surface area contributed by atoms with Gasteiger partial charge in [-0.05, 0) is 44.3 Å². The first-order valence-electron chi connectivity index (χ1n) is 10.2. The maximum atomic E-state index is 12.4. The number of carbonyl (C=O) groups is 1. The molecule has 0 aliphatic heterocycles. The van der Waals surface area contributed by atoms with Crippen molar-refractivity contribution in [2.24, 2.45) is 0 Å². The van der Waals surface area contributed by atoms with Gasteiger partial charge >= 0.3 is 0 Å². The summed E-state index contributed by atoms with van der Waals surface area (Å²) < 4.78 is 1.78. The highest BCUT2D eigenvalue weighted by atomic mass is 32.1. The Morgan fingerprint density at radius 3 is 2.77 bits per heavy atom. The lowest BCUT2D eigenvalue weighted by Gasteiger charge is -2.10. The quantitative estimate of drug-likeness (QED) is 0.443. The highest BCUT2D eigenvalue weighted by molar-refractivity contribution is 7.20. The van der Waals surface area contributed by atoms with Crippen LogP contribution in [0.1, 0.15) is 21.5 Å². The van der Waals surface area contributed by atoms with Crippen molar-refractivity contribution >= 4 is 27.3 Å². The Balaban J connectivity index is 1.45. The molecule has 4 aromatic rings. The van der Waals surface area contributed by atoms with E-state index < -0.39 is 0 Å². The molecule has 0 radical (unpaired) electrons. The monoisotopic (exact) mass is 434 g/mol. The van der Waals surface area contributed by atoms with Gasteiger partial charge in [0.05, 0.1) is 11.9 Å². The Hall–Kier alpha value is -3.23. The zero-order valence-electron chi connectivity index (χ0n) is 17.9. The number of rotatable bonds is 8. The summed E-state index contributed by atoms with van der Waals surface area (Å²) in [6, 6.07) is 15.8. The molecule has 2 aromatic heterocycles. The average Bonchev–Trinajstić information content (AvgIpc) is 3.32. The van der Waals surface area contributed by atoms with E-state index in [2.05, 4.69) is 34.8 Å². The Morgan fingerprint density at radius 2 is 2.00 bits per heavy atom. The van der Waals surface area contributed by atoms with Crippen LogP contribution in [0.25, 0.3) is 16.2 Å². The van der Waals surface area contributed by atoms with E-state index >= 15 is 0 Å². The number of fused-ring (bicyclic) bond motifs is 1. The van der Waals surface area contributed by atoms with E-state index in [0.717, 1.165) is 34.4 Å². The highest BCUT2D eigenvalue weighted by Crippen LogP contribution is 2.25. The van der Waals surface area contributed by atoms with E-state index in [1.807, 2.05) is 61.6 Å². The molecule has 2 N–H and O–H groups in total. The third-order valence-corrected chi connectivity index (χ3v) is 5.88. The van der Waals surface area contributed by atoms with Gasteiger partial charge in [-0.3, -0.25) is 4.79 Å². The van der Waals surface area contributed by atoms with Gasteiger partial charge in [-0.2, -0.15) is 0 Å². The number of imidazole rings is 1. The van der Waals surface area contributed by atoms with Crippen LogP contribution in [-0.4, -0.2) is 52.6 Å². The Kier molecular flexibility index (Phi) is 6.29. The molecule has 0 spiro atoms. The van der Waals surface area contributed by atoms with Crippen molar-refractivity contribution in [3.05, 3.63) is 71.4 Å². The SMILES string of the molecule is Cc1ccccc1CNc1nn2cc(-c3cccc(C(=O)NCCN(C)C)c3)nc2s1.